The molecule has 0 unspecified atom stereocenters. The second kappa shape index (κ2) is 6.47. The summed E-state index contributed by atoms with van der Waals surface area (Å²) in [5.74, 6) is 2.66. The monoisotopic (exact) mass is 323 g/mol. The summed E-state index contributed by atoms with van der Waals surface area (Å²) in [6, 6.07) is 7.88. The molecule has 1 N–H and O–H groups in total. The number of rotatable bonds is 4. The number of hydrogen-bond acceptors (Lipinski definition) is 5. The van der Waals surface area contributed by atoms with E-state index in [0.717, 1.165) is 47.2 Å². The number of fused-ring (bicyclic) bond motifs is 3. The number of anilines is 2. The number of hydrogen-bond donors (Lipinski definition) is 1. The van der Waals surface area contributed by atoms with Crippen molar-refractivity contribution in [3.63, 3.8) is 0 Å². The maximum Gasteiger partial charge on any atom is 0.165 e. The fraction of sp³-hybridized carbons (Fsp3) is 0.389. The molecule has 0 fully saturated rings. The molecule has 0 bridgehead atoms. The predicted molar refractivity (Wildman–Crippen MR) is 93.8 cm³/mol. The quantitative estimate of drug-likeness (QED) is 0.793. The van der Waals surface area contributed by atoms with Crippen molar-refractivity contribution in [2.75, 3.05) is 11.9 Å². The van der Waals surface area contributed by atoms with Crippen LogP contribution in [-0.2, 0) is 13.0 Å². The molecule has 0 spiro atoms. The van der Waals surface area contributed by atoms with E-state index in [-0.39, 0.29) is 0 Å². The van der Waals surface area contributed by atoms with Gasteiger partial charge in [0.05, 0.1) is 12.3 Å². The Morgan fingerprint density at radius 2 is 2.08 bits per heavy atom. The Labute approximate surface area is 140 Å². The van der Waals surface area contributed by atoms with Gasteiger partial charge in [-0.3, -0.25) is 0 Å². The lowest BCUT2D eigenvalue weighted by Crippen LogP contribution is -2.02. The Kier molecular flexibility index (Phi) is 4.02. The van der Waals surface area contributed by atoms with E-state index in [0.29, 0.717) is 6.61 Å². The zero-order valence-corrected chi connectivity index (χ0v) is 13.8. The van der Waals surface area contributed by atoms with Crippen LogP contribution in [0.25, 0.3) is 11.2 Å². The summed E-state index contributed by atoms with van der Waals surface area (Å²) in [5.41, 5.74) is 2.64. The van der Waals surface area contributed by atoms with E-state index >= 15 is 0 Å². The first-order chi connectivity index (χ1) is 11.9. The second-order valence-corrected chi connectivity index (χ2v) is 5.94. The smallest absolute Gasteiger partial charge is 0.165 e. The van der Waals surface area contributed by atoms with Crippen molar-refractivity contribution in [3.05, 3.63) is 36.4 Å². The molecule has 2 aromatic heterocycles. The van der Waals surface area contributed by atoms with Gasteiger partial charge in [0.15, 0.2) is 17.0 Å². The van der Waals surface area contributed by atoms with Gasteiger partial charge in [-0.1, -0.05) is 18.6 Å². The van der Waals surface area contributed by atoms with Gasteiger partial charge in [0.2, 0.25) is 0 Å². The summed E-state index contributed by atoms with van der Waals surface area (Å²) in [6.07, 6.45) is 6.23. The van der Waals surface area contributed by atoms with Crippen molar-refractivity contribution in [3.8, 4) is 5.75 Å². The van der Waals surface area contributed by atoms with E-state index in [9.17, 15) is 0 Å². The fourth-order valence-electron chi connectivity index (χ4n) is 3.21. The van der Waals surface area contributed by atoms with Gasteiger partial charge in [0.1, 0.15) is 17.9 Å². The molecule has 0 saturated carbocycles. The first-order valence-electron chi connectivity index (χ1n) is 8.56. The summed E-state index contributed by atoms with van der Waals surface area (Å²) in [5, 5.41) is 3.37. The van der Waals surface area contributed by atoms with Crippen molar-refractivity contribution in [1.82, 2.24) is 19.5 Å². The minimum absolute atomic E-state index is 0.622. The fourth-order valence-corrected chi connectivity index (χ4v) is 3.21. The predicted octanol–water partition coefficient (Wildman–Crippen LogP) is 3.70. The number of aryl methyl sites for hydroxylation is 2. The number of para-hydroxylation sites is 2. The van der Waals surface area contributed by atoms with Gasteiger partial charge in [-0.25, -0.2) is 15.0 Å². The SMILES string of the molecule is CCOc1ccccc1Nc1ncnc2c1nc1n2CCCCC1. The van der Waals surface area contributed by atoms with E-state index < -0.39 is 0 Å². The molecule has 6 nitrogen and oxygen atoms in total. The Hall–Kier alpha value is -2.63. The van der Waals surface area contributed by atoms with Crippen molar-refractivity contribution in [2.24, 2.45) is 0 Å². The Morgan fingerprint density at radius 1 is 1.17 bits per heavy atom. The molecule has 4 rings (SSSR count). The normalized spacial score (nSPS) is 14.2. The molecule has 0 atom stereocenters. The summed E-state index contributed by atoms with van der Waals surface area (Å²) in [4.78, 5) is 13.7. The maximum atomic E-state index is 5.69. The number of imidazole rings is 1. The van der Waals surface area contributed by atoms with Gasteiger partial charge in [0, 0.05) is 13.0 Å². The lowest BCUT2D eigenvalue weighted by Gasteiger charge is -2.11. The lowest BCUT2D eigenvalue weighted by molar-refractivity contribution is 0.342. The van der Waals surface area contributed by atoms with Gasteiger partial charge in [-0.2, -0.15) is 0 Å². The van der Waals surface area contributed by atoms with Gasteiger partial charge >= 0.3 is 0 Å². The van der Waals surface area contributed by atoms with Gasteiger partial charge in [-0.15, -0.1) is 0 Å². The molecular formula is C18H21N5O. The van der Waals surface area contributed by atoms with E-state index in [1.807, 2.05) is 31.2 Å². The highest BCUT2D eigenvalue weighted by molar-refractivity contribution is 5.86. The molecule has 0 amide bonds. The highest BCUT2D eigenvalue weighted by Gasteiger charge is 2.18. The highest BCUT2D eigenvalue weighted by atomic mass is 16.5. The van der Waals surface area contributed by atoms with Crippen LogP contribution < -0.4 is 10.1 Å². The van der Waals surface area contributed by atoms with E-state index in [2.05, 4.69) is 19.9 Å². The minimum Gasteiger partial charge on any atom is -0.492 e. The summed E-state index contributed by atoms with van der Waals surface area (Å²) < 4.78 is 7.93. The molecule has 1 aromatic carbocycles. The van der Waals surface area contributed by atoms with Crippen LogP contribution in [0.2, 0.25) is 0 Å². The Bertz CT molecular complexity index is 858. The first kappa shape index (κ1) is 14.9. The average Bonchev–Trinajstić information content (AvgIpc) is 2.80. The van der Waals surface area contributed by atoms with Gasteiger partial charge in [0.25, 0.3) is 0 Å². The van der Waals surface area contributed by atoms with Crippen molar-refractivity contribution in [2.45, 2.75) is 39.2 Å². The Balaban J connectivity index is 1.75. The van der Waals surface area contributed by atoms with Crippen LogP contribution in [0.15, 0.2) is 30.6 Å². The van der Waals surface area contributed by atoms with Crippen LogP contribution in [0.4, 0.5) is 11.5 Å². The third-order valence-electron chi connectivity index (χ3n) is 4.33. The molecule has 3 heterocycles. The second-order valence-electron chi connectivity index (χ2n) is 5.94. The molecule has 0 radical (unpaired) electrons. The van der Waals surface area contributed by atoms with Crippen molar-refractivity contribution < 1.29 is 4.74 Å². The molecule has 24 heavy (non-hydrogen) atoms. The van der Waals surface area contributed by atoms with E-state index in [4.69, 9.17) is 9.72 Å². The van der Waals surface area contributed by atoms with Crippen molar-refractivity contribution >= 4 is 22.7 Å². The maximum absolute atomic E-state index is 5.69. The Morgan fingerprint density at radius 3 is 3.00 bits per heavy atom. The van der Waals surface area contributed by atoms with E-state index in [1.54, 1.807) is 6.33 Å². The van der Waals surface area contributed by atoms with E-state index in [1.165, 1.54) is 19.3 Å². The molecule has 1 aliphatic heterocycles. The van der Waals surface area contributed by atoms with Gasteiger partial charge < -0.3 is 14.6 Å². The molecular weight excluding hydrogens is 302 g/mol. The van der Waals surface area contributed by atoms with Crippen LogP contribution in [-0.4, -0.2) is 26.1 Å². The van der Waals surface area contributed by atoms with Crippen molar-refractivity contribution in [1.29, 1.82) is 0 Å². The molecule has 0 saturated heterocycles. The molecule has 1 aliphatic rings. The van der Waals surface area contributed by atoms with Crippen LogP contribution in [0.5, 0.6) is 5.75 Å². The lowest BCUT2D eigenvalue weighted by atomic mass is 10.2. The highest BCUT2D eigenvalue weighted by Crippen LogP contribution is 2.30. The zero-order chi connectivity index (χ0) is 16.4. The molecule has 3 aromatic rings. The van der Waals surface area contributed by atoms with Crippen LogP contribution in [0.1, 0.15) is 32.0 Å². The molecule has 6 heteroatoms. The van der Waals surface area contributed by atoms with Gasteiger partial charge in [-0.05, 0) is 31.9 Å². The zero-order valence-electron chi connectivity index (χ0n) is 13.8. The van der Waals surface area contributed by atoms with Crippen LogP contribution in [0.3, 0.4) is 0 Å². The summed E-state index contributed by atoms with van der Waals surface area (Å²) in [6.45, 7) is 3.58. The minimum atomic E-state index is 0.622. The van der Waals surface area contributed by atoms with Crippen LogP contribution >= 0.6 is 0 Å². The molecule has 124 valence electrons. The summed E-state index contributed by atoms with van der Waals surface area (Å²) >= 11 is 0. The van der Waals surface area contributed by atoms with Crippen LogP contribution in [0, 0.1) is 0 Å². The molecule has 0 aliphatic carbocycles. The topological polar surface area (TPSA) is 64.9 Å². The number of aromatic nitrogens is 4. The number of benzene rings is 1. The average molecular weight is 323 g/mol. The first-order valence-corrected chi connectivity index (χ1v) is 8.56. The largest absolute Gasteiger partial charge is 0.492 e. The number of nitrogens with one attached hydrogen (secondary N) is 1. The standard InChI is InChI=1S/C18H21N5O/c1-2-24-14-9-6-5-8-13(14)21-17-16-18(20-12-19-17)23-11-7-3-4-10-15(23)22-16/h5-6,8-9,12H,2-4,7,10-11H2,1H3,(H,19,20,21). The summed E-state index contributed by atoms with van der Waals surface area (Å²) in [7, 11) is 0. The number of ether oxygens (including phenoxy) is 1. The third kappa shape index (κ3) is 2.68. The third-order valence-corrected chi connectivity index (χ3v) is 4.33. The number of nitrogens with zero attached hydrogens (tertiary/aromatic N) is 4.